The number of hydrogen-bond donors (Lipinski definition) is 1. The third-order valence-corrected chi connectivity index (χ3v) is 3.82. The van der Waals surface area contributed by atoms with Gasteiger partial charge in [0.05, 0.1) is 26.9 Å². The lowest BCUT2D eigenvalue weighted by atomic mass is 9.78. The standard InChI is InChI=1S/C15H25NO3/c1-7-15(2,3)14(16)13-11(18-5)8-10(17-4)9-12(13)19-6/h8-9,14H,7,16H2,1-6H3. The minimum Gasteiger partial charge on any atom is -0.496 e. The van der Waals surface area contributed by atoms with Crippen molar-refractivity contribution in [3.63, 3.8) is 0 Å². The largest absolute Gasteiger partial charge is 0.496 e. The van der Waals surface area contributed by atoms with Crippen LogP contribution in [-0.2, 0) is 0 Å². The summed E-state index contributed by atoms with van der Waals surface area (Å²) in [6.45, 7) is 6.41. The first-order chi connectivity index (χ1) is 8.91. The molecule has 0 amide bonds. The highest BCUT2D eigenvalue weighted by Gasteiger charge is 2.31. The van der Waals surface area contributed by atoms with Crippen molar-refractivity contribution in [2.45, 2.75) is 33.2 Å². The van der Waals surface area contributed by atoms with Crippen molar-refractivity contribution in [2.24, 2.45) is 11.1 Å². The van der Waals surface area contributed by atoms with Gasteiger partial charge in [-0.3, -0.25) is 0 Å². The molecule has 0 radical (unpaired) electrons. The molecule has 19 heavy (non-hydrogen) atoms. The third kappa shape index (κ3) is 3.13. The van der Waals surface area contributed by atoms with Crippen molar-refractivity contribution < 1.29 is 14.2 Å². The van der Waals surface area contributed by atoms with E-state index in [0.717, 1.165) is 12.0 Å². The maximum absolute atomic E-state index is 6.43. The maximum atomic E-state index is 6.43. The monoisotopic (exact) mass is 267 g/mol. The van der Waals surface area contributed by atoms with Gasteiger partial charge in [-0.05, 0) is 11.8 Å². The van der Waals surface area contributed by atoms with Crippen molar-refractivity contribution in [3.8, 4) is 17.2 Å². The Labute approximate surface area is 115 Å². The number of ether oxygens (including phenoxy) is 3. The second-order valence-electron chi connectivity index (χ2n) is 5.27. The van der Waals surface area contributed by atoms with Gasteiger partial charge in [-0.15, -0.1) is 0 Å². The molecule has 2 N–H and O–H groups in total. The smallest absolute Gasteiger partial charge is 0.131 e. The highest BCUT2D eigenvalue weighted by atomic mass is 16.5. The molecular weight excluding hydrogens is 242 g/mol. The molecule has 0 aliphatic rings. The number of methoxy groups -OCH3 is 3. The Bertz CT molecular complexity index is 404. The van der Waals surface area contributed by atoms with Crippen molar-refractivity contribution in [3.05, 3.63) is 17.7 Å². The van der Waals surface area contributed by atoms with E-state index in [0.29, 0.717) is 17.2 Å². The molecule has 1 unspecified atom stereocenters. The molecule has 0 spiro atoms. The number of nitrogens with two attached hydrogens (primary N) is 1. The summed E-state index contributed by atoms with van der Waals surface area (Å²) < 4.78 is 16.1. The molecule has 1 rings (SSSR count). The van der Waals surface area contributed by atoms with Gasteiger partial charge < -0.3 is 19.9 Å². The summed E-state index contributed by atoms with van der Waals surface area (Å²) in [5.74, 6) is 2.09. The molecule has 1 atom stereocenters. The Kier molecular flexibility index (Phi) is 5.06. The van der Waals surface area contributed by atoms with Crippen LogP contribution in [0.25, 0.3) is 0 Å². The zero-order chi connectivity index (χ0) is 14.6. The second-order valence-corrected chi connectivity index (χ2v) is 5.27. The highest BCUT2D eigenvalue weighted by molar-refractivity contribution is 5.52. The first-order valence-electron chi connectivity index (χ1n) is 6.46. The molecular formula is C15H25NO3. The Hall–Kier alpha value is -1.42. The molecule has 4 heteroatoms. The lowest BCUT2D eigenvalue weighted by Gasteiger charge is -2.32. The van der Waals surface area contributed by atoms with E-state index in [4.69, 9.17) is 19.9 Å². The van der Waals surface area contributed by atoms with Gasteiger partial charge in [-0.1, -0.05) is 20.8 Å². The Morgan fingerprint density at radius 3 is 1.84 bits per heavy atom. The summed E-state index contributed by atoms with van der Waals surface area (Å²) in [5.41, 5.74) is 7.27. The van der Waals surface area contributed by atoms with Gasteiger partial charge in [0.2, 0.25) is 0 Å². The van der Waals surface area contributed by atoms with Crippen molar-refractivity contribution in [1.82, 2.24) is 0 Å². The van der Waals surface area contributed by atoms with Crippen LogP contribution in [0.4, 0.5) is 0 Å². The maximum Gasteiger partial charge on any atom is 0.131 e. The van der Waals surface area contributed by atoms with Crippen LogP contribution >= 0.6 is 0 Å². The summed E-state index contributed by atoms with van der Waals surface area (Å²) in [4.78, 5) is 0. The Balaban J connectivity index is 3.39. The molecule has 0 saturated carbocycles. The predicted molar refractivity (Wildman–Crippen MR) is 77.1 cm³/mol. The summed E-state index contributed by atoms with van der Waals surface area (Å²) in [5, 5.41) is 0. The van der Waals surface area contributed by atoms with Crippen LogP contribution in [0, 0.1) is 5.41 Å². The lowest BCUT2D eigenvalue weighted by molar-refractivity contribution is 0.262. The average Bonchev–Trinajstić information content (AvgIpc) is 2.44. The molecule has 0 aliphatic heterocycles. The second kappa shape index (κ2) is 6.15. The fourth-order valence-corrected chi connectivity index (χ4v) is 1.95. The molecule has 1 aromatic carbocycles. The molecule has 0 fully saturated rings. The van der Waals surface area contributed by atoms with E-state index >= 15 is 0 Å². The quantitative estimate of drug-likeness (QED) is 0.860. The molecule has 4 nitrogen and oxygen atoms in total. The van der Waals surface area contributed by atoms with Crippen LogP contribution in [0.3, 0.4) is 0 Å². The molecule has 0 aliphatic carbocycles. The molecule has 108 valence electrons. The topological polar surface area (TPSA) is 53.7 Å². The minimum atomic E-state index is -0.173. The van der Waals surface area contributed by atoms with Crippen LogP contribution in [-0.4, -0.2) is 21.3 Å². The van der Waals surface area contributed by atoms with E-state index in [-0.39, 0.29) is 11.5 Å². The molecule has 0 aromatic heterocycles. The SMILES string of the molecule is CCC(C)(C)C(N)c1c(OC)cc(OC)cc1OC. The molecule has 0 saturated heterocycles. The fraction of sp³-hybridized carbons (Fsp3) is 0.600. The predicted octanol–water partition coefficient (Wildman–Crippen LogP) is 3.15. The van der Waals surface area contributed by atoms with E-state index in [1.165, 1.54) is 0 Å². The van der Waals surface area contributed by atoms with E-state index in [1.54, 1.807) is 21.3 Å². The fourth-order valence-electron chi connectivity index (χ4n) is 1.95. The van der Waals surface area contributed by atoms with Gasteiger partial charge in [0.25, 0.3) is 0 Å². The van der Waals surface area contributed by atoms with E-state index in [9.17, 15) is 0 Å². The van der Waals surface area contributed by atoms with E-state index in [1.807, 2.05) is 12.1 Å². The number of hydrogen-bond acceptors (Lipinski definition) is 4. The van der Waals surface area contributed by atoms with E-state index < -0.39 is 0 Å². The lowest BCUT2D eigenvalue weighted by Crippen LogP contribution is -2.29. The first kappa shape index (κ1) is 15.6. The highest BCUT2D eigenvalue weighted by Crippen LogP contribution is 2.44. The summed E-state index contributed by atoms with van der Waals surface area (Å²) >= 11 is 0. The summed E-state index contributed by atoms with van der Waals surface area (Å²) in [7, 11) is 4.87. The van der Waals surface area contributed by atoms with Crippen molar-refractivity contribution >= 4 is 0 Å². The van der Waals surface area contributed by atoms with Crippen LogP contribution in [0.2, 0.25) is 0 Å². The Morgan fingerprint density at radius 1 is 1.05 bits per heavy atom. The van der Waals surface area contributed by atoms with Crippen molar-refractivity contribution in [2.75, 3.05) is 21.3 Å². The van der Waals surface area contributed by atoms with Gasteiger partial charge in [-0.25, -0.2) is 0 Å². The zero-order valence-corrected chi connectivity index (χ0v) is 12.7. The zero-order valence-electron chi connectivity index (χ0n) is 12.7. The van der Waals surface area contributed by atoms with Crippen LogP contribution in [0.5, 0.6) is 17.2 Å². The van der Waals surface area contributed by atoms with Crippen LogP contribution < -0.4 is 19.9 Å². The number of rotatable bonds is 6. The van der Waals surface area contributed by atoms with Crippen LogP contribution in [0.15, 0.2) is 12.1 Å². The van der Waals surface area contributed by atoms with Gasteiger partial charge in [-0.2, -0.15) is 0 Å². The third-order valence-electron chi connectivity index (χ3n) is 3.82. The van der Waals surface area contributed by atoms with Gasteiger partial charge in [0, 0.05) is 18.2 Å². The normalized spacial score (nSPS) is 13.0. The number of benzene rings is 1. The molecule has 0 bridgehead atoms. The minimum absolute atomic E-state index is 0.0465. The van der Waals surface area contributed by atoms with Gasteiger partial charge in [0.1, 0.15) is 17.2 Å². The van der Waals surface area contributed by atoms with Crippen molar-refractivity contribution in [1.29, 1.82) is 0 Å². The van der Waals surface area contributed by atoms with Crippen LogP contribution in [0.1, 0.15) is 38.8 Å². The summed E-state index contributed by atoms with van der Waals surface area (Å²) in [6.07, 6.45) is 0.965. The Morgan fingerprint density at radius 2 is 1.53 bits per heavy atom. The van der Waals surface area contributed by atoms with Gasteiger partial charge >= 0.3 is 0 Å². The molecule has 0 heterocycles. The van der Waals surface area contributed by atoms with Gasteiger partial charge in [0.15, 0.2) is 0 Å². The summed E-state index contributed by atoms with van der Waals surface area (Å²) in [6, 6.07) is 3.50. The van der Waals surface area contributed by atoms with E-state index in [2.05, 4.69) is 20.8 Å². The first-order valence-corrected chi connectivity index (χ1v) is 6.46. The molecule has 1 aromatic rings. The average molecular weight is 267 g/mol.